The van der Waals surface area contributed by atoms with Crippen LogP contribution in [0.2, 0.25) is 0 Å². The van der Waals surface area contributed by atoms with Crippen LogP contribution in [0.3, 0.4) is 0 Å². The van der Waals surface area contributed by atoms with Gasteiger partial charge in [0.05, 0.1) is 25.3 Å². The maximum Gasteiger partial charge on any atom is 0.258 e. The fourth-order valence-corrected chi connectivity index (χ4v) is 5.45. The van der Waals surface area contributed by atoms with Crippen LogP contribution < -0.4 is 14.4 Å². The molecule has 1 unspecified atom stereocenters. The van der Waals surface area contributed by atoms with Crippen LogP contribution in [0.5, 0.6) is 11.5 Å². The molecule has 6 rings (SSSR count). The van der Waals surface area contributed by atoms with Crippen molar-refractivity contribution >= 4 is 17.5 Å². The summed E-state index contributed by atoms with van der Waals surface area (Å²) in [5.74, 6) is 0.179. The molecule has 8 heteroatoms. The van der Waals surface area contributed by atoms with Crippen LogP contribution in [0.4, 0.5) is 10.1 Å². The van der Waals surface area contributed by atoms with Crippen LogP contribution in [-0.4, -0.2) is 34.9 Å². The van der Waals surface area contributed by atoms with Crippen LogP contribution in [-0.2, 0) is 26.1 Å². The number of carbonyl (C=O) groups excluding carboxylic acids is 2. The normalized spacial score (nSPS) is 14.7. The van der Waals surface area contributed by atoms with E-state index >= 15 is 0 Å². The SMILES string of the molecule is COc1ccc(N2Cc3ccc(CN4Cc5cnc(F)cc5C4=O)cc3C2=O)cc1OC(C)CCc1ccccc1. The molecule has 208 valence electrons. The average molecular weight is 552 g/mol. The molecule has 41 heavy (non-hydrogen) atoms. The van der Waals surface area contributed by atoms with Crippen molar-refractivity contribution in [1.82, 2.24) is 9.88 Å². The first kappa shape index (κ1) is 26.5. The zero-order chi connectivity index (χ0) is 28.5. The molecule has 0 radical (unpaired) electrons. The zero-order valence-electron chi connectivity index (χ0n) is 23.0. The number of hydrogen-bond donors (Lipinski definition) is 0. The van der Waals surface area contributed by atoms with Gasteiger partial charge in [0.25, 0.3) is 11.8 Å². The van der Waals surface area contributed by atoms with Crippen LogP contribution >= 0.6 is 0 Å². The number of halogens is 1. The van der Waals surface area contributed by atoms with E-state index in [0.717, 1.165) is 29.7 Å². The summed E-state index contributed by atoms with van der Waals surface area (Å²) >= 11 is 0. The van der Waals surface area contributed by atoms with E-state index in [0.29, 0.717) is 47.8 Å². The molecule has 4 aromatic rings. The number of hydrogen-bond acceptors (Lipinski definition) is 5. The number of fused-ring (bicyclic) bond motifs is 2. The van der Waals surface area contributed by atoms with Gasteiger partial charge in [-0.15, -0.1) is 0 Å². The molecule has 2 aliphatic rings. The second-order valence-corrected chi connectivity index (χ2v) is 10.5. The van der Waals surface area contributed by atoms with Gasteiger partial charge in [-0.1, -0.05) is 42.5 Å². The summed E-state index contributed by atoms with van der Waals surface area (Å²) in [6, 6.07) is 22.7. The molecule has 0 saturated heterocycles. The molecule has 0 bridgehead atoms. The molecule has 0 spiro atoms. The van der Waals surface area contributed by atoms with Crippen molar-refractivity contribution in [2.45, 2.75) is 45.5 Å². The maximum atomic E-state index is 13.5. The number of carbonyl (C=O) groups is 2. The number of nitrogens with zero attached hydrogens (tertiary/aromatic N) is 3. The first-order chi connectivity index (χ1) is 19.9. The number of aryl methyl sites for hydroxylation is 1. The quantitative estimate of drug-likeness (QED) is 0.241. The molecular weight excluding hydrogens is 521 g/mol. The summed E-state index contributed by atoms with van der Waals surface area (Å²) in [7, 11) is 1.60. The number of methoxy groups -OCH3 is 1. The molecule has 2 amide bonds. The van der Waals surface area contributed by atoms with Gasteiger partial charge >= 0.3 is 0 Å². The Morgan fingerprint density at radius 1 is 0.878 bits per heavy atom. The highest BCUT2D eigenvalue weighted by molar-refractivity contribution is 6.10. The van der Waals surface area contributed by atoms with Crippen LogP contribution in [0.1, 0.15) is 56.3 Å². The van der Waals surface area contributed by atoms with Crippen molar-refractivity contribution in [2.24, 2.45) is 0 Å². The number of pyridine rings is 1. The van der Waals surface area contributed by atoms with E-state index in [4.69, 9.17) is 9.47 Å². The molecule has 0 saturated carbocycles. The standard InChI is InChI=1S/C33H30FN3O4/c1-21(8-9-22-6-4-3-5-7-22)41-30-15-26(12-13-29(30)40-2)37-20-24-11-10-23(14-27(24)33(37)39)18-36-19-25-17-35-31(34)16-28(25)32(36)38/h3-7,10-17,21H,8-9,18-20H2,1-2H3. The molecule has 1 aromatic heterocycles. The lowest BCUT2D eigenvalue weighted by Gasteiger charge is -2.21. The third kappa shape index (κ3) is 5.37. The lowest BCUT2D eigenvalue weighted by Crippen LogP contribution is -2.24. The summed E-state index contributed by atoms with van der Waals surface area (Å²) in [6.07, 6.45) is 3.09. The average Bonchev–Trinajstić information content (AvgIpc) is 3.48. The second kappa shape index (κ2) is 11.0. The van der Waals surface area contributed by atoms with Crippen molar-refractivity contribution in [2.75, 3.05) is 12.0 Å². The summed E-state index contributed by atoms with van der Waals surface area (Å²) in [6.45, 7) is 3.14. The Labute approximate surface area is 238 Å². The van der Waals surface area contributed by atoms with Crippen LogP contribution in [0.25, 0.3) is 0 Å². The van der Waals surface area contributed by atoms with Crippen molar-refractivity contribution in [3.63, 3.8) is 0 Å². The molecule has 2 aliphatic heterocycles. The van der Waals surface area contributed by atoms with Gasteiger partial charge < -0.3 is 19.3 Å². The van der Waals surface area contributed by atoms with Crippen molar-refractivity contribution in [3.05, 3.63) is 118 Å². The van der Waals surface area contributed by atoms with Crippen molar-refractivity contribution in [1.29, 1.82) is 0 Å². The Kier molecular flexibility index (Phi) is 7.14. The number of benzene rings is 3. The van der Waals surface area contributed by atoms with E-state index in [1.807, 2.05) is 61.5 Å². The zero-order valence-corrected chi connectivity index (χ0v) is 23.0. The molecular formula is C33H30FN3O4. The van der Waals surface area contributed by atoms with Gasteiger partial charge in [-0.25, -0.2) is 4.98 Å². The van der Waals surface area contributed by atoms with E-state index < -0.39 is 5.95 Å². The molecule has 1 atom stereocenters. The predicted molar refractivity (Wildman–Crippen MR) is 153 cm³/mol. The number of aromatic nitrogens is 1. The highest BCUT2D eigenvalue weighted by Crippen LogP contribution is 2.37. The Hall–Kier alpha value is -4.72. The smallest absolute Gasteiger partial charge is 0.258 e. The maximum absolute atomic E-state index is 13.5. The Morgan fingerprint density at radius 2 is 1.68 bits per heavy atom. The minimum absolute atomic E-state index is 0.0555. The number of anilines is 1. The number of amides is 2. The predicted octanol–water partition coefficient (Wildman–Crippen LogP) is 5.95. The monoisotopic (exact) mass is 551 g/mol. The highest BCUT2D eigenvalue weighted by Gasteiger charge is 2.31. The topological polar surface area (TPSA) is 72.0 Å². The van der Waals surface area contributed by atoms with Gasteiger partial charge in [0.15, 0.2) is 11.5 Å². The Balaban J connectivity index is 1.15. The fourth-order valence-electron chi connectivity index (χ4n) is 5.45. The largest absolute Gasteiger partial charge is 0.493 e. The van der Waals surface area contributed by atoms with E-state index in [9.17, 15) is 14.0 Å². The van der Waals surface area contributed by atoms with Gasteiger partial charge in [-0.05, 0) is 54.7 Å². The lowest BCUT2D eigenvalue weighted by atomic mass is 10.1. The number of ether oxygens (including phenoxy) is 2. The van der Waals surface area contributed by atoms with E-state index in [-0.39, 0.29) is 17.9 Å². The molecule has 7 nitrogen and oxygen atoms in total. The van der Waals surface area contributed by atoms with Gasteiger partial charge in [0.1, 0.15) is 0 Å². The molecule has 0 fully saturated rings. The summed E-state index contributed by atoms with van der Waals surface area (Å²) < 4.78 is 25.4. The third-order valence-corrected chi connectivity index (χ3v) is 7.65. The molecule has 3 heterocycles. The Bertz CT molecular complexity index is 1620. The van der Waals surface area contributed by atoms with Gasteiger partial charge in [0.2, 0.25) is 5.95 Å². The van der Waals surface area contributed by atoms with E-state index in [1.54, 1.807) is 16.9 Å². The highest BCUT2D eigenvalue weighted by atomic mass is 19.1. The van der Waals surface area contributed by atoms with Gasteiger partial charge in [0, 0.05) is 48.2 Å². The minimum atomic E-state index is -0.670. The lowest BCUT2D eigenvalue weighted by molar-refractivity contribution is 0.0766. The van der Waals surface area contributed by atoms with Gasteiger partial charge in [-0.2, -0.15) is 4.39 Å². The summed E-state index contributed by atoms with van der Waals surface area (Å²) in [5.41, 5.74) is 5.37. The number of rotatable bonds is 9. The fraction of sp³-hybridized carbons (Fsp3) is 0.242. The first-order valence-electron chi connectivity index (χ1n) is 13.7. The second-order valence-electron chi connectivity index (χ2n) is 10.5. The van der Waals surface area contributed by atoms with Crippen LogP contribution in [0.15, 0.2) is 79.0 Å². The summed E-state index contributed by atoms with van der Waals surface area (Å²) in [4.78, 5) is 33.4. The summed E-state index contributed by atoms with van der Waals surface area (Å²) in [5, 5.41) is 0. The van der Waals surface area contributed by atoms with Crippen molar-refractivity contribution < 1.29 is 23.5 Å². The van der Waals surface area contributed by atoms with Crippen LogP contribution in [0, 0.1) is 5.95 Å². The molecule has 0 aliphatic carbocycles. The van der Waals surface area contributed by atoms with E-state index in [1.165, 1.54) is 17.8 Å². The van der Waals surface area contributed by atoms with E-state index in [2.05, 4.69) is 17.1 Å². The third-order valence-electron chi connectivity index (χ3n) is 7.65. The minimum Gasteiger partial charge on any atom is -0.493 e. The molecule has 0 N–H and O–H groups in total. The first-order valence-corrected chi connectivity index (χ1v) is 13.7. The Morgan fingerprint density at radius 3 is 2.49 bits per heavy atom. The van der Waals surface area contributed by atoms with Gasteiger partial charge in [-0.3, -0.25) is 9.59 Å². The molecule has 3 aromatic carbocycles. The van der Waals surface area contributed by atoms with Crippen molar-refractivity contribution in [3.8, 4) is 11.5 Å².